The third kappa shape index (κ3) is 7.86. The molecular formula is C26H26ClF3N2O5S. The lowest BCUT2D eigenvalue weighted by Gasteiger charge is -2.28. The summed E-state index contributed by atoms with van der Waals surface area (Å²) in [4.78, 5) is 12.2. The fraction of sp³-hybridized carbons (Fsp3) is 0.269. The van der Waals surface area contributed by atoms with Gasteiger partial charge in [0.2, 0.25) is 0 Å². The second-order valence-corrected chi connectivity index (χ2v) is 10.5. The average Bonchev–Trinajstić information content (AvgIpc) is 2.88. The fourth-order valence-electron chi connectivity index (χ4n) is 3.38. The molecule has 3 aromatic rings. The predicted molar refractivity (Wildman–Crippen MR) is 138 cm³/mol. The van der Waals surface area contributed by atoms with Crippen LogP contribution in [0.3, 0.4) is 0 Å². The fourth-order valence-corrected chi connectivity index (χ4v) is 4.82. The van der Waals surface area contributed by atoms with Crippen LogP contribution in [0.25, 0.3) is 0 Å². The predicted octanol–water partition coefficient (Wildman–Crippen LogP) is 5.68. The molecule has 0 unspecified atom stereocenters. The van der Waals surface area contributed by atoms with E-state index in [0.717, 1.165) is 20.7 Å². The van der Waals surface area contributed by atoms with E-state index in [1.165, 1.54) is 19.2 Å². The number of nitrogens with zero attached hydrogens (tertiary/aromatic N) is 2. The second-order valence-electron chi connectivity index (χ2n) is 8.15. The third-order valence-corrected chi connectivity index (χ3v) is 7.51. The van der Waals surface area contributed by atoms with Gasteiger partial charge in [-0.15, -0.1) is 0 Å². The first-order chi connectivity index (χ1) is 17.9. The van der Waals surface area contributed by atoms with Crippen LogP contribution in [-0.4, -0.2) is 38.9 Å². The molecule has 3 rings (SSSR count). The van der Waals surface area contributed by atoms with Crippen molar-refractivity contribution in [3.63, 3.8) is 0 Å². The average molecular weight is 571 g/mol. The van der Waals surface area contributed by atoms with Crippen molar-refractivity contribution in [1.82, 2.24) is 4.31 Å². The minimum absolute atomic E-state index is 0.0483. The molecule has 12 heteroatoms. The molecule has 0 saturated heterocycles. The van der Waals surface area contributed by atoms with Gasteiger partial charge in [-0.2, -0.15) is 25.9 Å². The number of hydrogen-bond acceptors (Lipinski definition) is 5. The van der Waals surface area contributed by atoms with Crippen molar-refractivity contribution in [2.75, 3.05) is 24.5 Å². The number of rotatable bonds is 11. The molecule has 7 nitrogen and oxygen atoms in total. The Labute approximate surface area is 224 Å². The molecule has 204 valence electrons. The van der Waals surface area contributed by atoms with Crippen LogP contribution in [0, 0.1) is 0 Å². The molecule has 0 fully saturated rings. The molecule has 0 atom stereocenters. The van der Waals surface area contributed by atoms with E-state index in [9.17, 15) is 26.4 Å². The number of carbonyl (C=O) groups excluding carboxylic acids is 1. The highest BCUT2D eigenvalue weighted by atomic mass is 35.5. The molecule has 0 bridgehead atoms. The summed E-state index contributed by atoms with van der Waals surface area (Å²) in [5, 5.41) is 0.448. The third-order valence-electron chi connectivity index (χ3n) is 5.44. The SMILES string of the molecule is CCOC(=O)CN(Cc1ccc(OCc2ccc(C(F)(F)F)cc2)cc1)S(=O)(=O)N(C)c1ccc(Cl)cc1. The number of alkyl halides is 3. The number of hydrogen-bond donors (Lipinski definition) is 0. The van der Waals surface area contributed by atoms with Gasteiger partial charge in [-0.05, 0) is 66.6 Å². The molecule has 38 heavy (non-hydrogen) atoms. The lowest BCUT2D eigenvalue weighted by atomic mass is 10.1. The Morgan fingerprint density at radius 1 is 0.921 bits per heavy atom. The van der Waals surface area contributed by atoms with Crippen molar-refractivity contribution in [1.29, 1.82) is 0 Å². The Balaban J connectivity index is 1.72. The van der Waals surface area contributed by atoms with Crippen LogP contribution in [-0.2, 0) is 39.1 Å². The summed E-state index contributed by atoms with van der Waals surface area (Å²) in [5.41, 5.74) is 0.744. The summed E-state index contributed by atoms with van der Waals surface area (Å²) in [7, 11) is -2.77. The van der Waals surface area contributed by atoms with Crippen LogP contribution in [0.5, 0.6) is 5.75 Å². The summed E-state index contributed by atoms with van der Waals surface area (Å²) in [6, 6.07) is 17.4. The molecule has 0 aliphatic carbocycles. The van der Waals surface area contributed by atoms with Gasteiger partial charge >= 0.3 is 22.4 Å². The number of carbonyl (C=O) groups is 1. The van der Waals surface area contributed by atoms with E-state index in [0.29, 0.717) is 27.6 Å². The van der Waals surface area contributed by atoms with Gasteiger partial charge in [-0.3, -0.25) is 9.10 Å². The van der Waals surface area contributed by atoms with Crippen molar-refractivity contribution in [2.45, 2.75) is 26.3 Å². The standard InChI is InChI=1S/C26H26ClF3N2O5S/c1-3-36-25(33)17-32(38(34,35)31(2)23-12-10-22(27)11-13-23)16-19-6-14-24(15-7-19)37-18-20-4-8-21(9-5-20)26(28,29)30/h4-15H,3,16-18H2,1-2H3. The molecule has 3 aromatic carbocycles. The van der Waals surface area contributed by atoms with Gasteiger partial charge in [0.1, 0.15) is 18.9 Å². The molecule has 0 aliphatic rings. The first-order valence-electron chi connectivity index (χ1n) is 11.4. The van der Waals surface area contributed by atoms with Gasteiger partial charge in [0.25, 0.3) is 0 Å². The number of anilines is 1. The zero-order valence-corrected chi connectivity index (χ0v) is 22.2. The maximum atomic E-state index is 13.4. The summed E-state index contributed by atoms with van der Waals surface area (Å²) in [5.74, 6) is -0.260. The highest BCUT2D eigenvalue weighted by molar-refractivity contribution is 7.90. The number of esters is 1. The molecule has 0 radical (unpaired) electrons. The van der Waals surface area contributed by atoms with E-state index in [4.69, 9.17) is 21.1 Å². The molecular weight excluding hydrogens is 545 g/mol. The smallest absolute Gasteiger partial charge is 0.416 e. The molecule has 0 aromatic heterocycles. The van der Waals surface area contributed by atoms with Crippen LogP contribution >= 0.6 is 11.6 Å². The topological polar surface area (TPSA) is 76.1 Å². The number of benzene rings is 3. The molecule has 0 N–H and O–H groups in total. The Hall–Kier alpha value is -3.28. The van der Waals surface area contributed by atoms with Gasteiger partial charge in [0.05, 0.1) is 17.9 Å². The lowest BCUT2D eigenvalue weighted by molar-refractivity contribution is -0.143. The van der Waals surface area contributed by atoms with Gasteiger partial charge in [0.15, 0.2) is 0 Å². The molecule has 0 amide bonds. The van der Waals surface area contributed by atoms with E-state index in [1.54, 1.807) is 55.5 Å². The van der Waals surface area contributed by atoms with Crippen molar-refractivity contribution in [2.24, 2.45) is 0 Å². The first kappa shape index (κ1) is 29.3. The van der Waals surface area contributed by atoms with Gasteiger partial charge in [-0.1, -0.05) is 35.9 Å². The maximum absolute atomic E-state index is 13.4. The lowest BCUT2D eigenvalue weighted by Crippen LogP contribution is -2.44. The van der Waals surface area contributed by atoms with Crippen molar-refractivity contribution in [3.8, 4) is 5.75 Å². The zero-order chi connectivity index (χ0) is 27.9. The van der Waals surface area contributed by atoms with Gasteiger partial charge in [0, 0.05) is 18.6 Å². The molecule has 0 saturated carbocycles. The van der Waals surface area contributed by atoms with Crippen LogP contribution in [0.4, 0.5) is 18.9 Å². The normalized spacial score (nSPS) is 11.9. The van der Waals surface area contributed by atoms with E-state index in [2.05, 4.69) is 0 Å². The maximum Gasteiger partial charge on any atom is 0.416 e. The van der Waals surface area contributed by atoms with Crippen LogP contribution < -0.4 is 9.04 Å². The first-order valence-corrected chi connectivity index (χ1v) is 13.2. The Morgan fingerprint density at radius 2 is 1.50 bits per heavy atom. The van der Waals surface area contributed by atoms with Crippen molar-refractivity contribution in [3.05, 3.63) is 94.5 Å². The second kappa shape index (κ2) is 12.5. The summed E-state index contributed by atoms with van der Waals surface area (Å²) >= 11 is 5.91. The minimum Gasteiger partial charge on any atom is -0.489 e. The minimum atomic E-state index is -4.41. The number of halogens is 4. The van der Waals surface area contributed by atoms with Crippen molar-refractivity contribution >= 4 is 33.5 Å². The Bertz CT molecular complexity index is 1320. The largest absolute Gasteiger partial charge is 0.489 e. The van der Waals surface area contributed by atoms with Crippen LogP contribution in [0.2, 0.25) is 5.02 Å². The molecule has 0 spiro atoms. The Kier molecular flexibility index (Phi) is 9.64. The van der Waals surface area contributed by atoms with Gasteiger partial charge < -0.3 is 9.47 Å². The van der Waals surface area contributed by atoms with Crippen LogP contribution in [0.1, 0.15) is 23.6 Å². The highest BCUT2D eigenvalue weighted by Gasteiger charge is 2.31. The quantitative estimate of drug-likeness (QED) is 0.277. The van der Waals surface area contributed by atoms with E-state index < -0.39 is 34.5 Å². The van der Waals surface area contributed by atoms with E-state index in [1.807, 2.05) is 0 Å². The molecule has 0 heterocycles. The zero-order valence-electron chi connectivity index (χ0n) is 20.6. The summed E-state index contributed by atoms with van der Waals surface area (Å²) in [6.45, 7) is 1.15. The monoisotopic (exact) mass is 570 g/mol. The van der Waals surface area contributed by atoms with Crippen LogP contribution in [0.15, 0.2) is 72.8 Å². The summed E-state index contributed by atoms with van der Waals surface area (Å²) in [6.07, 6.45) is -4.41. The summed E-state index contributed by atoms with van der Waals surface area (Å²) < 4.78 is 77.6. The van der Waals surface area contributed by atoms with Gasteiger partial charge in [-0.25, -0.2) is 0 Å². The molecule has 0 aliphatic heterocycles. The van der Waals surface area contributed by atoms with E-state index >= 15 is 0 Å². The highest BCUT2D eigenvalue weighted by Crippen LogP contribution is 2.29. The van der Waals surface area contributed by atoms with Crippen molar-refractivity contribution < 1.29 is 35.9 Å². The Morgan fingerprint density at radius 3 is 2.05 bits per heavy atom. The number of ether oxygens (including phenoxy) is 2. The van der Waals surface area contributed by atoms with E-state index in [-0.39, 0.29) is 19.8 Å².